The van der Waals surface area contributed by atoms with Crippen LogP contribution in [0.4, 0.5) is 0 Å². The van der Waals surface area contributed by atoms with Crippen molar-refractivity contribution in [3.63, 3.8) is 0 Å². The summed E-state index contributed by atoms with van der Waals surface area (Å²) >= 11 is 12.6. The molecule has 1 aromatic heterocycles. The summed E-state index contributed by atoms with van der Waals surface area (Å²) in [6.07, 6.45) is -1.20. The second-order valence-electron chi connectivity index (χ2n) is 8.08. The SMILES string of the molecule is Cc1ccc2c(-c3ccc(Cl)cc3Cl)c([C@H](OC(C)(C)C)C(=O)O)c(C)nc2c1. The second-order valence-corrected chi connectivity index (χ2v) is 8.92. The molecule has 0 radical (unpaired) electrons. The van der Waals surface area contributed by atoms with Crippen molar-refractivity contribution in [1.29, 1.82) is 0 Å². The minimum absolute atomic E-state index is 0.436. The molecular weight excluding hydrogens is 409 g/mol. The molecule has 4 nitrogen and oxygen atoms in total. The summed E-state index contributed by atoms with van der Waals surface area (Å²) in [5.41, 5.74) is 3.63. The van der Waals surface area contributed by atoms with Crippen molar-refractivity contribution < 1.29 is 14.6 Å². The van der Waals surface area contributed by atoms with Crippen LogP contribution in [0.1, 0.15) is 43.7 Å². The van der Waals surface area contributed by atoms with Gasteiger partial charge in [-0.1, -0.05) is 41.4 Å². The van der Waals surface area contributed by atoms with Crippen molar-refractivity contribution in [2.75, 3.05) is 0 Å². The number of halogens is 2. The largest absolute Gasteiger partial charge is 0.479 e. The number of carboxylic acid groups (broad SMARTS) is 1. The van der Waals surface area contributed by atoms with Crippen LogP contribution in [-0.2, 0) is 9.53 Å². The van der Waals surface area contributed by atoms with Crippen LogP contribution in [0.15, 0.2) is 36.4 Å². The summed E-state index contributed by atoms with van der Waals surface area (Å²) < 4.78 is 5.96. The van der Waals surface area contributed by atoms with Crippen LogP contribution in [0.2, 0.25) is 10.0 Å². The van der Waals surface area contributed by atoms with E-state index in [1.807, 2.05) is 45.9 Å². The molecule has 1 atom stereocenters. The maximum absolute atomic E-state index is 12.2. The fraction of sp³-hybridized carbons (Fsp3) is 0.304. The van der Waals surface area contributed by atoms with E-state index in [-0.39, 0.29) is 0 Å². The Bertz CT molecular complexity index is 1100. The Morgan fingerprint density at radius 2 is 1.79 bits per heavy atom. The lowest BCUT2D eigenvalue weighted by Crippen LogP contribution is -2.28. The van der Waals surface area contributed by atoms with Crippen LogP contribution in [0.5, 0.6) is 0 Å². The van der Waals surface area contributed by atoms with Crippen molar-refractivity contribution >= 4 is 40.1 Å². The van der Waals surface area contributed by atoms with Gasteiger partial charge in [-0.2, -0.15) is 0 Å². The van der Waals surface area contributed by atoms with Gasteiger partial charge in [0.2, 0.25) is 0 Å². The number of nitrogens with zero attached hydrogens (tertiary/aromatic N) is 1. The van der Waals surface area contributed by atoms with Crippen LogP contribution in [0.3, 0.4) is 0 Å². The van der Waals surface area contributed by atoms with Crippen molar-refractivity contribution in [2.24, 2.45) is 0 Å². The molecule has 1 heterocycles. The number of carboxylic acids is 1. The van der Waals surface area contributed by atoms with Crippen molar-refractivity contribution in [3.8, 4) is 11.1 Å². The second kappa shape index (κ2) is 7.94. The average molecular weight is 432 g/mol. The van der Waals surface area contributed by atoms with E-state index in [1.54, 1.807) is 25.1 Å². The smallest absolute Gasteiger partial charge is 0.337 e. The molecule has 2 aromatic carbocycles. The summed E-state index contributed by atoms with van der Waals surface area (Å²) in [7, 11) is 0. The molecule has 0 unspecified atom stereocenters. The van der Waals surface area contributed by atoms with Gasteiger partial charge < -0.3 is 9.84 Å². The highest BCUT2D eigenvalue weighted by Crippen LogP contribution is 2.42. The zero-order valence-electron chi connectivity index (χ0n) is 17.0. The minimum Gasteiger partial charge on any atom is -0.479 e. The predicted molar refractivity (Wildman–Crippen MR) is 118 cm³/mol. The summed E-state index contributed by atoms with van der Waals surface area (Å²) in [4.78, 5) is 16.9. The van der Waals surface area contributed by atoms with Gasteiger partial charge in [-0.15, -0.1) is 0 Å². The number of aryl methyl sites for hydroxylation is 2. The maximum atomic E-state index is 12.2. The fourth-order valence-corrected chi connectivity index (χ4v) is 3.91. The van der Waals surface area contributed by atoms with E-state index >= 15 is 0 Å². The Balaban J connectivity index is 2.44. The molecule has 3 aromatic rings. The lowest BCUT2D eigenvalue weighted by atomic mass is 9.90. The number of ether oxygens (including phenoxy) is 1. The van der Waals surface area contributed by atoms with E-state index in [2.05, 4.69) is 0 Å². The normalized spacial score (nSPS) is 12.9. The third-order valence-electron chi connectivity index (χ3n) is 4.53. The molecule has 0 aliphatic heterocycles. The third kappa shape index (κ3) is 4.55. The highest BCUT2D eigenvalue weighted by atomic mass is 35.5. The van der Waals surface area contributed by atoms with Gasteiger partial charge in [-0.25, -0.2) is 4.79 Å². The average Bonchev–Trinajstić information content (AvgIpc) is 2.58. The molecule has 29 heavy (non-hydrogen) atoms. The quantitative estimate of drug-likeness (QED) is 0.495. The zero-order chi connectivity index (χ0) is 21.5. The number of rotatable bonds is 4. The van der Waals surface area contributed by atoms with E-state index in [1.165, 1.54) is 0 Å². The van der Waals surface area contributed by atoms with Crippen molar-refractivity contribution in [3.05, 3.63) is 63.3 Å². The highest BCUT2D eigenvalue weighted by Gasteiger charge is 2.32. The van der Waals surface area contributed by atoms with Gasteiger partial charge in [0, 0.05) is 37.8 Å². The summed E-state index contributed by atoms with van der Waals surface area (Å²) in [5, 5.41) is 11.8. The van der Waals surface area contributed by atoms with E-state index in [4.69, 9.17) is 32.9 Å². The monoisotopic (exact) mass is 431 g/mol. The molecular formula is C23H23Cl2NO3. The van der Waals surface area contributed by atoms with Gasteiger partial charge in [-0.05, 0) is 58.4 Å². The van der Waals surface area contributed by atoms with Crippen molar-refractivity contribution in [1.82, 2.24) is 4.98 Å². The van der Waals surface area contributed by atoms with Gasteiger partial charge in [0.1, 0.15) is 0 Å². The molecule has 0 aliphatic rings. The standard InChI is InChI=1S/C23H23Cl2NO3/c1-12-6-8-16-18(10-12)26-13(2)19(21(22(27)28)29-23(3,4)5)20(16)15-9-7-14(24)11-17(15)25/h6-11,21H,1-5H3,(H,27,28)/t21-/m0/s1. The first-order valence-corrected chi connectivity index (χ1v) is 10.0. The van der Waals surface area contributed by atoms with Crippen LogP contribution in [-0.4, -0.2) is 21.7 Å². The van der Waals surface area contributed by atoms with Gasteiger partial charge in [0.15, 0.2) is 6.10 Å². The topological polar surface area (TPSA) is 59.4 Å². The van der Waals surface area contributed by atoms with Crippen LogP contribution < -0.4 is 0 Å². The maximum Gasteiger partial charge on any atom is 0.337 e. The van der Waals surface area contributed by atoms with Crippen LogP contribution >= 0.6 is 23.2 Å². The molecule has 152 valence electrons. The van der Waals surface area contributed by atoms with Gasteiger partial charge in [0.25, 0.3) is 0 Å². The molecule has 0 aliphatic carbocycles. The number of pyridine rings is 1. The molecule has 0 spiro atoms. The first-order valence-electron chi connectivity index (χ1n) is 9.25. The molecule has 6 heteroatoms. The van der Waals surface area contributed by atoms with E-state index in [0.717, 1.165) is 16.5 Å². The summed E-state index contributed by atoms with van der Waals surface area (Å²) in [5.74, 6) is -1.08. The van der Waals surface area contributed by atoms with E-state index in [9.17, 15) is 9.90 Å². The van der Waals surface area contributed by atoms with Crippen LogP contribution in [0, 0.1) is 13.8 Å². The number of hydrogen-bond donors (Lipinski definition) is 1. The lowest BCUT2D eigenvalue weighted by molar-refractivity contribution is -0.160. The Morgan fingerprint density at radius 3 is 2.38 bits per heavy atom. The number of aliphatic carboxylic acids is 1. The first kappa shape index (κ1) is 21.6. The van der Waals surface area contributed by atoms with Gasteiger partial charge >= 0.3 is 5.97 Å². The predicted octanol–water partition coefficient (Wildman–Crippen LogP) is 6.77. The third-order valence-corrected chi connectivity index (χ3v) is 5.08. The zero-order valence-corrected chi connectivity index (χ0v) is 18.5. The Labute approximate surface area is 180 Å². The Kier molecular flexibility index (Phi) is 5.91. The number of fused-ring (bicyclic) bond motifs is 1. The first-order chi connectivity index (χ1) is 13.5. The van der Waals surface area contributed by atoms with Gasteiger partial charge in [0.05, 0.1) is 11.1 Å². The molecule has 0 saturated carbocycles. The van der Waals surface area contributed by atoms with Crippen LogP contribution in [0.25, 0.3) is 22.0 Å². The molecule has 0 saturated heterocycles. The lowest BCUT2D eigenvalue weighted by Gasteiger charge is -2.28. The Hall–Kier alpha value is -2.14. The minimum atomic E-state index is -1.20. The number of hydrogen-bond acceptors (Lipinski definition) is 3. The van der Waals surface area contributed by atoms with E-state index in [0.29, 0.717) is 32.4 Å². The van der Waals surface area contributed by atoms with Gasteiger partial charge in [-0.3, -0.25) is 4.98 Å². The molecule has 0 amide bonds. The number of aromatic nitrogens is 1. The number of carbonyl (C=O) groups is 1. The molecule has 0 bridgehead atoms. The molecule has 3 rings (SSSR count). The fourth-order valence-electron chi connectivity index (χ4n) is 3.40. The molecule has 1 N–H and O–H groups in total. The summed E-state index contributed by atoms with van der Waals surface area (Å²) in [6.45, 7) is 9.26. The summed E-state index contributed by atoms with van der Waals surface area (Å²) in [6, 6.07) is 11.1. The number of benzene rings is 2. The van der Waals surface area contributed by atoms with E-state index < -0.39 is 17.7 Å². The highest BCUT2D eigenvalue weighted by molar-refractivity contribution is 6.36. The Morgan fingerprint density at radius 1 is 1.10 bits per heavy atom. The molecule has 0 fully saturated rings. The van der Waals surface area contributed by atoms with Crippen molar-refractivity contribution in [2.45, 2.75) is 46.3 Å².